The van der Waals surface area contributed by atoms with E-state index in [9.17, 15) is 8.42 Å². The Morgan fingerprint density at radius 3 is 2.40 bits per heavy atom. The van der Waals surface area contributed by atoms with Gasteiger partial charge in [-0.3, -0.25) is 0 Å². The van der Waals surface area contributed by atoms with E-state index in [4.69, 9.17) is 0 Å². The van der Waals surface area contributed by atoms with Crippen molar-refractivity contribution >= 4 is 15.5 Å². The van der Waals surface area contributed by atoms with Gasteiger partial charge in [-0.25, -0.2) is 8.42 Å². The van der Waals surface area contributed by atoms with Crippen LogP contribution in [0.1, 0.15) is 19.4 Å². The molecule has 2 aromatic carbocycles. The van der Waals surface area contributed by atoms with Crippen LogP contribution in [0.4, 0.5) is 5.69 Å². The molecule has 4 heteroatoms. The average Bonchev–Trinajstić information content (AvgIpc) is 2.75. The van der Waals surface area contributed by atoms with Crippen molar-refractivity contribution in [2.45, 2.75) is 29.1 Å². The minimum Gasteiger partial charge on any atom is -0.384 e. The number of fused-ring (bicyclic) bond motifs is 1. The van der Waals surface area contributed by atoms with Crippen LogP contribution >= 0.6 is 0 Å². The first kappa shape index (κ1) is 13.2. The Bertz CT molecular complexity index is 749. The molecule has 0 amide bonds. The van der Waals surface area contributed by atoms with Crippen LogP contribution in [0.3, 0.4) is 0 Å². The minimum atomic E-state index is -3.44. The fourth-order valence-corrected chi connectivity index (χ4v) is 3.88. The van der Waals surface area contributed by atoms with Crippen LogP contribution in [0.5, 0.6) is 0 Å². The molecule has 20 heavy (non-hydrogen) atoms. The number of benzene rings is 2. The summed E-state index contributed by atoms with van der Waals surface area (Å²) in [5, 5.41) is 3.29. The van der Waals surface area contributed by atoms with Crippen molar-refractivity contribution in [1.29, 1.82) is 0 Å². The van der Waals surface area contributed by atoms with Crippen molar-refractivity contribution in [3.63, 3.8) is 0 Å². The van der Waals surface area contributed by atoms with Crippen molar-refractivity contribution in [3.05, 3.63) is 54.1 Å². The predicted octanol–water partition coefficient (Wildman–Crippen LogP) is 3.22. The molecule has 0 bridgehead atoms. The Balaban J connectivity index is 2.09. The Labute approximate surface area is 119 Å². The standard InChI is InChI=1S/C16H17NO2S/c1-16(2)11-17-15-10-13(8-9-14(15)16)20(18,19)12-6-4-3-5-7-12/h3-10,17H,11H2,1-2H3. The molecule has 0 saturated carbocycles. The lowest BCUT2D eigenvalue weighted by Gasteiger charge is -2.17. The Hall–Kier alpha value is -1.81. The normalized spacial score (nSPS) is 16.5. The Morgan fingerprint density at radius 1 is 1.00 bits per heavy atom. The second kappa shape index (κ2) is 4.35. The van der Waals surface area contributed by atoms with Crippen LogP contribution in [0.25, 0.3) is 0 Å². The highest BCUT2D eigenvalue weighted by atomic mass is 32.2. The maximum atomic E-state index is 12.6. The first-order chi connectivity index (χ1) is 9.41. The topological polar surface area (TPSA) is 46.2 Å². The van der Waals surface area contributed by atoms with E-state index in [0.717, 1.165) is 12.2 Å². The summed E-state index contributed by atoms with van der Waals surface area (Å²) in [5.41, 5.74) is 2.14. The van der Waals surface area contributed by atoms with Crippen LogP contribution in [0.15, 0.2) is 58.3 Å². The maximum absolute atomic E-state index is 12.6. The molecule has 3 rings (SSSR count). The summed E-state index contributed by atoms with van der Waals surface area (Å²) in [6.45, 7) is 5.13. The molecule has 0 radical (unpaired) electrons. The fraction of sp³-hybridized carbons (Fsp3) is 0.250. The number of rotatable bonds is 2. The highest BCUT2D eigenvalue weighted by molar-refractivity contribution is 7.91. The second-order valence-electron chi connectivity index (χ2n) is 5.76. The van der Waals surface area contributed by atoms with Gasteiger partial charge in [-0.05, 0) is 29.8 Å². The van der Waals surface area contributed by atoms with Gasteiger partial charge in [-0.1, -0.05) is 38.1 Å². The molecule has 1 aliphatic rings. The molecule has 1 heterocycles. The summed E-state index contributed by atoms with van der Waals surface area (Å²) in [6.07, 6.45) is 0. The van der Waals surface area contributed by atoms with Gasteiger partial charge in [0.2, 0.25) is 9.84 Å². The van der Waals surface area contributed by atoms with Gasteiger partial charge in [-0.15, -0.1) is 0 Å². The summed E-state index contributed by atoms with van der Waals surface area (Å²) in [6, 6.07) is 13.9. The monoisotopic (exact) mass is 287 g/mol. The van der Waals surface area contributed by atoms with Gasteiger partial charge < -0.3 is 5.32 Å². The van der Waals surface area contributed by atoms with Crippen LogP contribution in [0.2, 0.25) is 0 Å². The van der Waals surface area contributed by atoms with Crippen molar-refractivity contribution in [2.24, 2.45) is 0 Å². The molecule has 104 valence electrons. The largest absolute Gasteiger partial charge is 0.384 e. The van der Waals surface area contributed by atoms with E-state index in [2.05, 4.69) is 19.2 Å². The fourth-order valence-electron chi connectivity index (χ4n) is 2.57. The van der Waals surface area contributed by atoms with Gasteiger partial charge in [0.15, 0.2) is 0 Å². The van der Waals surface area contributed by atoms with E-state index in [0.29, 0.717) is 9.79 Å². The molecule has 0 fully saturated rings. The summed E-state index contributed by atoms with van der Waals surface area (Å²) in [4.78, 5) is 0.671. The average molecular weight is 287 g/mol. The summed E-state index contributed by atoms with van der Waals surface area (Å²) in [7, 11) is -3.44. The van der Waals surface area contributed by atoms with Gasteiger partial charge in [0.05, 0.1) is 9.79 Å². The van der Waals surface area contributed by atoms with E-state index in [1.807, 2.05) is 12.1 Å². The molecule has 2 aromatic rings. The highest BCUT2D eigenvalue weighted by Crippen LogP contribution is 2.38. The van der Waals surface area contributed by atoms with Crippen LogP contribution in [-0.2, 0) is 15.3 Å². The zero-order chi connectivity index (χ0) is 14.4. The van der Waals surface area contributed by atoms with E-state index >= 15 is 0 Å². The molecule has 3 nitrogen and oxygen atoms in total. The summed E-state index contributed by atoms with van der Waals surface area (Å²) < 4.78 is 25.1. The van der Waals surface area contributed by atoms with E-state index in [1.54, 1.807) is 36.4 Å². The Morgan fingerprint density at radius 2 is 1.70 bits per heavy atom. The van der Waals surface area contributed by atoms with Gasteiger partial charge in [0, 0.05) is 17.6 Å². The molecule has 0 aromatic heterocycles. The van der Waals surface area contributed by atoms with Crippen LogP contribution < -0.4 is 5.32 Å². The number of nitrogens with one attached hydrogen (secondary N) is 1. The number of anilines is 1. The molecule has 0 unspecified atom stereocenters. The van der Waals surface area contributed by atoms with Crippen molar-refractivity contribution < 1.29 is 8.42 Å². The quantitative estimate of drug-likeness (QED) is 0.922. The summed E-state index contributed by atoms with van der Waals surface area (Å²) >= 11 is 0. The van der Waals surface area contributed by atoms with E-state index in [-0.39, 0.29) is 5.41 Å². The molecule has 1 aliphatic heterocycles. The second-order valence-corrected chi connectivity index (χ2v) is 7.71. The zero-order valence-corrected chi connectivity index (χ0v) is 12.4. The lowest BCUT2D eigenvalue weighted by atomic mass is 9.87. The van der Waals surface area contributed by atoms with Crippen LogP contribution in [-0.4, -0.2) is 15.0 Å². The van der Waals surface area contributed by atoms with Crippen molar-refractivity contribution in [3.8, 4) is 0 Å². The molecular formula is C16H17NO2S. The van der Waals surface area contributed by atoms with Crippen molar-refractivity contribution in [1.82, 2.24) is 0 Å². The molecule has 0 spiro atoms. The first-order valence-electron chi connectivity index (χ1n) is 6.60. The van der Waals surface area contributed by atoms with Gasteiger partial charge >= 0.3 is 0 Å². The van der Waals surface area contributed by atoms with Gasteiger partial charge in [-0.2, -0.15) is 0 Å². The SMILES string of the molecule is CC1(C)CNc2cc(S(=O)(=O)c3ccccc3)ccc21. The highest BCUT2D eigenvalue weighted by Gasteiger charge is 2.30. The lowest BCUT2D eigenvalue weighted by Crippen LogP contribution is -2.18. The Kier molecular flexibility index (Phi) is 2.87. The van der Waals surface area contributed by atoms with Crippen LogP contribution in [0, 0.1) is 0 Å². The predicted molar refractivity (Wildman–Crippen MR) is 79.9 cm³/mol. The number of sulfone groups is 1. The molecule has 0 atom stereocenters. The van der Waals surface area contributed by atoms with Gasteiger partial charge in [0.25, 0.3) is 0 Å². The smallest absolute Gasteiger partial charge is 0.206 e. The molecular weight excluding hydrogens is 270 g/mol. The van der Waals surface area contributed by atoms with Gasteiger partial charge in [0.1, 0.15) is 0 Å². The number of hydrogen-bond acceptors (Lipinski definition) is 3. The first-order valence-corrected chi connectivity index (χ1v) is 8.08. The minimum absolute atomic E-state index is 0.0460. The molecule has 0 aliphatic carbocycles. The van der Waals surface area contributed by atoms with E-state index in [1.165, 1.54) is 5.56 Å². The van der Waals surface area contributed by atoms with E-state index < -0.39 is 9.84 Å². The zero-order valence-electron chi connectivity index (χ0n) is 11.6. The molecule has 1 N–H and O–H groups in total. The van der Waals surface area contributed by atoms with Crippen molar-refractivity contribution in [2.75, 3.05) is 11.9 Å². The summed E-state index contributed by atoms with van der Waals surface area (Å²) in [5.74, 6) is 0. The third-order valence-electron chi connectivity index (χ3n) is 3.80. The third kappa shape index (κ3) is 2.00. The maximum Gasteiger partial charge on any atom is 0.206 e. The lowest BCUT2D eigenvalue weighted by molar-refractivity contribution is 0.585. The third-order valence-corrected chi connectivity index (χ3v) is 5.57. The number of hydrogen-bond donors (Lipinski definition) is 1. The molecule has 0 saturated heterocycles.